The molecule has 1 amide bonds. The van der Waals surface area contributed by atoms with Gasteiger partial charge in [-0.05, 0) is 39.1 Å². The topological polar surface area (TPSA) is 75.6 Å². The van der Waals surface area contributed by atoms with Crippen molar-refractivity contribution in [2.24, 2.45) is 5.73 Å². The molecule has 1 aliphatic heterocycles. The number of nitrogen functional groups attached to an aromatic ring is 1. The van der Waals surface area contributed by atoms with Crippen molar-refractivity contribution in [3.8, 4) is 0 Å². The molecule has 1 aromatic carbocycles. The van der Waals surface area contributed by atoms with Crippen LogP contribution in [0.25, 0.3) is 0 Å². The zero-order valence-electron chi connectivity index (χ0n) is 11.9. The summed E-state index contributed by atoms with van der Waals surface area (Å²) in [5, 5.41) is 0.482. The first-order chi connectivity index (χ1) is 9.40. The van der Waals surface area contributed by atoms with Crippen molar-refractivity contribution in [1.82, 2.24) is 4.90 Å². The fourth-order valence-corrected chi connectivity index (χ4v) is 3.14. The summed E-state index contributed by atoms with van der Waals surface area (Å²) in [4.78, 5) is 16.1. The van der Waals surface area contributed by atoms with Crippen LogP contribution in [0.5, 0.6) is 0 Å². The van der Waals surface area contributed by atoms with Gasteiger partial charge >= 0.3 is 0 Å². The fourth-order valence-electron chi connectivity index (χ4n) is 2.80. The molecule has 1 aliphatic rings. The highest BCUT2D eigenvalue weighted by molar-refractivity contribution is 6.34. The third kappa shape index (κ3) is 2.99. The molecule has 6 heteroatoms. The molecule has 2 rings (SSSR count). The Labute approximate surface area is 124 Å². The highest BCUT2D eigenvalue weighted by atomic mass is 35.5. The molecule has 4 N–H and O–H groups in total. The van der Waals surface area contributed by atoms with E-state index in [1.165, 1.54) is 0 Å². The minimum atomic E-state index is -0.501. The van der Waals surface area contributed by atoms with Gasteiger partial charge in [-0.2, -0.15) is 0 Å². The van der Waals surface area contributed by atoms with E-state index in [-0.39, 0.29) is 6.04 Å². The number of rotatable bonds is 2. The van der Waals surface area contributed by atoms with Crippen molar-refractivity contribution < 1.29 is 4.79 Å². The second kappa shape index (κ2) is 5.89. The molecule has 5 nitrogen and oxygen atoms in total. The average molecular weight is 297 g/mol. The fraction of sp³-hybridized carbons (Fsp3) is 0.500. The minimum absolute atomic E-state index is 0.252. The maximum atomic E-state index is 11.7. The van der Waals surface area contributed by atoms with E-state index in [0.29, 0.717) is 22.0 Å². The molecule has 0 bridgehead atoms. The van der Waals surface area contributed by atoms with Crippen molar-refractivity contribution in [2.75, 3.05) is 37.3 Å². The van der Waals surface area contributed by atoms with E-state index in [4.69, 9.17) is 23.1 Å². The Morgan fingerprint density at radius 1 is 1.40 bits per heavy atom. The summed E-state index contributed by atoms with van der Waals surface area (Å²) in [6.07, 6.45) is 1.01. The van der Waals surface area contributed by atoms with Gasteiger partial charge in [0.15, 0.2) is 0 Å². The minimum Gasteiger partial charge on any atom is -0.399 e. The van der Waals surface area contributed by atoms with Crippen LogP contribution in [-0.4, -0.2) is 43.5 Å². The zero-order chi connectivity index (χ0) is 14.9. The molecule has 20 heavy (non-hydrogen) atoms. The number of amides is 1. The summed E-state index contributed by atoms with van der Waals surface area (Å²) < 4.78 is 0. The quantitative estimate of drug-likeness (QED) is 0.812. The predicted octanol–water partition coefficient (Wildman–Crippen LogP) is 1.55. The van der Waals surface area contributed by atoms with E-state index in [9.17, 15) is 4.79 Å². The number of carbonyl (C=O) groups excluding carboxylic acids is 1. The third-order valence-electron chi connectivity index (χ3n) is 3.69. The predicted molar refractivity (Wildman–Crippen MR) is 83.3 cm³/mol. The van der Waals surface area contributed by atoms with Crippen LogP contribution in [0.3, 0.4) is 0 Å². The SMILES string of the molecule is CC1CN(C)CCCN1c1c(Cl)cc(N)cc1C(N)=O. The Kier molecular flexibility index (Phi) is 4.40. The number of primary amides is 1. The lowest BCUT2D eigenvalue weighted by molar-refractivity contribution is 0.100. The van der Waals surface area contributed by atoms with Crippen LogP contribution < -0.4 is 16.4 Å². The first kappa shape index (κ1) is 14.9. The van der Waals surface area contributed by atoms with Crippen LogP contribution in [0.15, 0.2) is 12.1 Å². The smallest absolute Gasteiger partial charge is 0.250 e. The van der Waals surface area contributed by atoms with Gasteiger partial charge < -0.3 is 21.3 Å². The molecule has 110 valence electrons. The lowest BCUT2D eigenvalue weighted by atomic mass is 10.1. The van der Waals surface area contributed by atoms with Gasteiger partial charge in [-0.15, -0.1) is 0 Å². The van der Waals surface area contributed by atoms with Gasteiger partial charge in [0.25, 0.3) is 5.91 Å². The first-order valence-corrected chi connectivity index (χ1v) is 7.12. The van der Waals surface area contributed by atoms with E-state index in [1.54, 1.807) is 12.1 Å². The lowest BCUT2D eigenvalue weighted by Crippen LogP contribution is -2.39. The molecule has 1 aromatic rings. The Morgan fingerprint density at radius 3 is 2.75 bits per heavy atom. The van der Waals surface area contributed by atoms with Gasteiger partial charge in [0, 0.05) is 24.8 Å². The zero-order valence-corrected chi connectivity index (χ0v) is 12.7. The van der Waals surface area contributed by atoms with Gasteiger partial charge in [-0.1, -0.05) is 11.6 Å². The molecule has 1 saturated heterocycles. The molecule has 0 aromatic heterocycles. The summed E-state index contributed by atoms with van der Waals surface area (Å²) >= 11 is 6.32. The van der Waals surface area contributed by atoms with Gasteiger partial charge in [0.05, 0.1) is 16.3 Å². The van der Waals surface area contributed by atoms with Crippen LogP contribution >= 0.6 is 11.6 Å². The van der Waals surface area contributed by atoms with Crippen molar-refractivity contribution in [2.45, 2.75) is 19.4 Å². The van der Waals surface area contributed by atoms with Crippen LogP contribution in [0, 0.1) is 0 Å². The number of nitrogens with zero attached hydrogens (tertiary/aromatic N) is 2. The highest BCUT2D eigenvalue weighted by Gasteiger charge is 2.25. The van der Waals surface area contributed by atoms with Crippen molar-refractivity contribution >= 4 is 28.9 Å². The van der Waals surface area contributed by atoms with Crippen molar-refractivity contribution in [3.63, 3.8) is 0 Å². The van der Waals surface area contributed by atoms with Gasteiger partial charge in [0.2, 0.25) is 0 Å². The van der Waals surface area contributed by atoms with Crippen LogP contribution in [0.1, 0.15) is 23.7 Å². The van der Waals surface area contributed by atoms with E-state index < -0.39 is 5.91 Å². The summed E-state index contributed by atoms with van der Waals surface area (Å²) in [6, 6.07) is 3.52. The number of hydrogen-bond donors (Lipinski definition) is 2. The number of hydrogen-bond acceptors (Lipinski definition) is 4. The number of likely N-dealkylation sites (N-methyl/N-ethyl adjacent to an activating group) is 1. The molecule has 0 saturated carbocycles. The van der Waals surface area contributed by atoms with Gasteiger partial charge in [0.1, 0.15) is 0 Å². The Balaban J connectivity index is 2.47. The molecule has 0 radical (unpaired) electrons. The second-order valence-corrected chi connectivity index (χ2v) is 5.83. The van der Waals surface area contributed by atoms with Gasteiger partial charge in [-0.3, -0.25) is 4.79 Å². The first-order valence-electron chi connectivity index (χ1n) is 6.74. The molecule has 0 spiro atoms. The maximum absolute atomic E-state index is 11.7. The van der Waals surface area contributed by atoms with E-state index in [1.807, 2.05) is 0 Å². The van der Waals surface area contributed by atoms with Crippen molar-refractivity contribution in [1.29, 1.82) is 0 Å². The maximum Gasteiger partial charge on any atom is 0.250 e. The standard InChI is InChI=1S/C14H21ClN4O/c1-9-8-18(2)4-3-5-19(9)13-11(14(17)20)6-10(16)7-12(13)15/h6-7,9H,3-5,8,16H2,1-2H3,(H2,17,20). The summed E-state index contributed by atoms with van der Waals surface area (Å²) in [6.45, 7) is 4.91. The van der Waals surface area contributed by atoms with Crippen LogP contribution in [-0.2, 0) is 0 Å². The number of anilines is 2. The Hall–Kier alpha value is -1.46. The number of benzene rings is 1. The number of nitrogens with two attached hydrogens (primary N) is 2. The summed E-state index contributed by atoms with van der Waals surface area (Å²) in [5.41, 5.74) is 12.8. The van der Waals surface area contributed by atoms with E-state index >= 15 is 0 Å². The molecule has 0 aliphatic carbocycles. The number of carbonyl (C=O) groups is 1. The van der Waals surface area contributed by atoms with Gasteiger partial charge in [-0.25, -0.2) is 0 Å². The largest absolute Gasteiger partial charge is 0.399 e. The van der Waals surface area contributed by atoms with Crippen LogP contribution in [0.2, 0.25) is 5.02 Å². The van der Waals surface area contributed by atoms with Crippen LogP contribution in [0.4, 0.5) is 11.4 Å². The average Bonchev–Trinajstić information content (AvgIpc) is 2.49. The Morgan fingerprint density at radius 2 is 2.10 bits per heavy atom. The number of halogens is 1. The lowest BCUT2D eigenvalue weighted by Gasteiger charge is -2.32. The van der Waals surface area contributed by atoms with E-state index in [0.717, 1.165) is 26.1 Å². The molecule has 1 atom stereocenters. The van der Waals surface area contributed by atoms with E-state index in [2.05, 4.69) is 23.8 Å². The second-order valence-electron chi connectivity index (χ2n) is 5.42. The normalized spacial score (nSPS) is 20.8. The molecule has 1 fully saturated rings. The third-order valence-corrected chi connectivity index (χ3v) is 3.97. The monoisotopic (exact) mass is 296 g/mol. The highest BCUT2D eigenvalue weighted by Crippen LogP contribution is 2.34. The van der Waals surface area contributed by atoms with Crippen molar-refractivity contribution in [3.05, 3.63) is 22.7 Å². The Bertz CT molecular complexity index is 520. The molecule has 1 heterocycles. The summed E-state index contributed by atoms with van der Waals surface area (Å²) in [7, 11) is 2.10. The summed E-state index contributed by atoms with van der Waals surface area (Å²) in [5.74, 6) is -0.501. The molecule has 1 unspecified atom stereocenters. The molecular weight excluding hydrogens is 276 g/mol. The molecular formula is C14H21ClN4O.